The lowest BCUT2D eigenvalue weighted by atomic mass is 9.99. The SMILES string of the molecule is CN1CCN(C(CNC(=O)c2cccc3ccccc23)c2ccc3c(c2)CCN3C)CC1. The van der Waals surface area contributed by atoms with Gasteiger partial charge in [0.15, 0.2) is 0 Å². The van der Waals surface area contributed by atoms with Crippen LogP contribution in [0.2, 0.25) is 0 Å². The zero-order valence-corrected chi connectivity index (χ0v) is 19.1. The summed E-state index contributed by atoms with van der Waals surface area (Å²) < 4.78 is 0. The van der Waals surface area contributed by atoms with Crippen molar-refractivity contribution < 1.29 is 4.79 Å². The van der Waals surface area contributed by atoms with E-state index in [1.54, 1.807) is 0 Å². The molecule has 1 saturated heterocycles. The average Bonchev–Trinajstić information content (AvgIpc) is 3.20. The Hall–Kier alpha value is -2.89. The Balaban J connectivity index is 1.39. The summed E-state index contributed by atoms with van der Waals surface area (Å²) in [5.74, 6) is 0.00169. The second kappa shape index (κ2) is 8.93. The predicted molar refractivity (Wildman–Crippen MR) is 132 cm³/mol. The first-order valence-corrected chi connectivity index (χ1v) is 11.6. The maximum Gasteiger partial charge on any atom is 0.251 e. The summed E-state index contributed by atoms with van der Waals surface area (Å²) in [6.07, 6.45) is 1.09. The van der Waals surface area contributed by atoms with E-state index in [1.807, 2.05) is 30.3 Å². The van der Waals surface area contributed by atoms with E-state index in [4.69, 9.17) is 0 Å². The topological polar surface area (TPSA) is 38.8 Å². The smallest absolute Gasteiger partial charge is 0.251 e. The monoisotopic (exact) mass is 428 g/mol. The highest BCUT2D eigenvalue weighted by atomic mass is 16.1. The summed E-state index contributed by atoms with van der Waals surface area (Å²) in [5.41, 5.74) is 4.81. The third-order valence-corrected chi connectivity index (χ3v) is 7.08. The molecule has 2 aliphatic rings. The zero-order valence-electron chi connectivity index (χ0n) is 19.1. The maximum absolute atomic E-state index is 13.2. The third kappa shape index (κ3) is 4.10. The molecular formula is C27H32N4O. The van der Waals surface area contributed by atoms with Crippen molar-refractivity contribution in [3.05, 3.63) is 77.4 Å². The van der Waals surface area contributed by atoms with Gasteiger partial charge in [-0.25, -0.2) is 0 Å². The van der Waals surface area contributed by atoms with Gasteiger partial charge in [0.05, 0.1) is 6.04 Å². The Morgan fingerprint density at radius 3 is 2.56 bits per heavy atom. The highest BCUT2D eigenvalue weighted by molar-refractivity contribution is 6.07. The van der Waals surface area contributed by atoms with Crippen molar-refractivity contribution >= 4 is 22.4 Å². The van der Waals surface area contributed by atoms with Crippen molar-refractivity contribution in [3.63, 3.8) is 0 Å². The highest BCUT2D eigenvalue weighted by Crippen LogP contribution is 2.31. The molecule has 2 aliphatic heterocycles. The molecule has 0 radical (unpaired) electrons. The van der Waals surface area contributed by atoms with Gasteiger partial charge in [-0.2, -0.15) is 0 Å². The van der Waals surface area contributed by atoms with Crippen LogP contribution in [0, 0.1) is 0 Å². The molecule has 1 atom stereocenters. The molecular weight excluding hydrogens is 396 g/mol. The van der Waals surface area contributed by atoms with Gasteiger partial charge in [0, 0.05) is 57.6 Å². The molecule has 32 heavy (non-hydrogen) atoms. The number of amides is 1. The fourth-order valence-electron chi connectivity index (χ4n) is 5.09. The number of likely N-dealkylation sites (N-methyl/N-ethyl adjacent to an activating group) is 2. The van der Waals surface area contributed by atoms with Gasteiger partial charge in [0.2, 0.25) is 0 Å². The van der Waals surface area contributed by atoms with Crippen molar-refractivity contribution in [2.45, 2.75) is 12.5 Å². The van der Waals surface area contributed by atoms with Gasteiger partial charge in [-0.15, -0.1) is 0 Å². The van der Waals surface area contributed by atoms with Gasteiger partial charge in [0.1, 0.15) is 0 Å². The highest BCUT2D eigenvalue weighted by Gasteiger charge is 2.26. The molecule has 1 fully saturated rings. The van der Waals surface area contributed by atoms with Crippen LogP contribution in [0.25, 0.3) is 10.8 Å². The van der Waals surface area contributed by atoms with E-state index in [9.17, 15) is 4.79 Å². The van der Waals surface area contributed by atoms with Crippen molar-refractivity contribution in [1.82, 2.24) is 15.1 Å². The molecule has 166 valence electrons. The molecule has 1 amide bonds. The molecule has 1 N–H and O–H groups in total. The van der Waals surface area contributed by atoms with Crippen LogP contribution in [0.3, 0.4) is 0 Å². The molecule has 0 aromatic heterocycles. The van der Waals surface area contributed by atoms with Gasteiger partial charge in [-0.3, -0.25) is 9.69 Å². The second-order valence-corrected chi connectivity index (χ2v) is 9.15. The van der Waals surface area contributed by atoms with Crippen LogP contribution in [-0.2, 0) is 6.42 Å². The second-order valence-electron chi connectivity index (χ2n) is 9.15. The molecule has 2 heterocycles. The number of nitrogens with one attached hydrogen (secondary N) is 1. The number of benzene rings is 3. The van der Waals surface area contributed by atoms with Crippen LogP contribution in [-0.4, -0.2) is 69.1 Å². The molecule has 0 bridgehead atoms. The summed E-state index contributed by atoms with van der Waals surface area (Å²) in [7, 11) is 4.34. The van der Waals surface area contributed by atoms with Crippen molar-refractivity contribution in [3.8, 4) is 0 Å². The van der Waals surface area contributed by atoms with E-state index in [1.165, 1.54) is 16.8 Å². The summed E-state index contributed by atoms with van der Waals surface area (Å²) in [4.78, 5) is 20.4. The molecule has 3 aromatic carbocycles. The quantitative estimate of drug-likeness (QED) is 0.675. The Labute approximate surface area is 190 Å². The Morgan fingerprint density at radius 1 is 0.938 bits per heavy atom. The molecule has 0 aliphatic carbocycles. The van der Waals surface area contributed by atoms with Crippen molar-refractivity contribution in [1.29, 1.82) is 0 Å². The number of hydrogen-bond donors (Lipinski definition) is 1. The molecule has 3 aromatic rings. The summed E-state index contributed by atoms with van der Waals surface area (Å²) >= 11 is 0. The van der Waals surface area contributed by atoms with Gasteiger partial charge < -0.3 is 15.1 Å². The number of carbonyl (C=O) groups excluding carboxylic acids is 1. The van der Waals surface area contributed by atoms with E-state index < -0.39 is 0 Å². The van der Waals surface area contributed by atoms with Crippen LogP contribution in [0.1, 0.15) is 27.5 Å². The fourth-order valence-corrected chi connectivity index (χ4v) is 5.09. The average molecular weight is 429 g/mol. The van der Waals surface area contributed by atoms with E-state index in [0.717, 1.165) is 55.5 Å². The van der Waals surface area contributed by atoms with Gasteiger partial charge in [0.25, 0.3) is 5.91 Å². The number of rotatable bonds is 5. The first-order valence-electron chi connectivity index (χ1n) is 11.6. The van der Waals surface area contributed by atoms with E-state index in [-0.39, 0.29) is 11.9 Å². The summed E-state index contributed by atoms with van der Waals surface area (Å²) in [5, 5.41) is 5.37. The van der Waals surface area contributed by atoms with Crippen molar-refractivity contribution in [2.24, 2.45) is 0 Å². The molecule has 1 unspecified atom stereocenters. The van der Waals surface area contributed by atoms with E-state index in [2.05, 4.69) is 64.4 Å². The van der Waals surface area contributed by atoms with Crippen LogP contribution in [0.4, 0.5) is 5.69 Å². The normalized spacial score (nSPS) is 18.0. The molecule has 5 rings (SSSR count). The Bertz CT molecular complexity index is 1110. The van der Waals surface area contributed by atoms with Crippen LogP contribution >= 0.6 is 0 Å². The predicted octanol–water partition coefficient (Wildman–Crippen LogP) is 3.55. The van der Waals surface area contributed by atoms with Crippen LogP contribution < -0.4 is 10.2 Å². The number of nitrogens with zero attached hydrogens (tertiary/aromatic N) is 3. The fraction of sp³-hybridized carbons (Fsp3) is 0.370. The Morgan fingerprint density at radius 2 is 1.72 bits per heavy atom. The van der Waals surface area contributed by atoms with E-state index in [0.29, 0.717) is 6.54 Å². The number of fused-ring (bicyclic) bond motifs is 2. The van der Waals surface area contributed by atoms with Crippen molar-refractivity contribution in [2.75, 3.05) is 58.3 Å². The lowest BCUT2D eigenvalue weighted by molar-refractivity contribution is 0.0887. The number of piperazine rings is 1. The summed E-state index contributed by atoms with van der Waals surface area (Å²) in [6.45, 7) is 5.84. The van der Waals surface area contributed by atoms with Gasteiger partial charge in [-0.1, -0.05) is 48.5 Å². The molecule has 5 heteroatoms. The minimum absolute atomic E-state index is 0.00169. The summed E-state index contributed by atoms with van der Waals surface area (Å²) in [6, 6.07) is 21.1. The minimum atomic E-state index is 0.00169. The standard InChI is InChI=1S/C27H32N4O/c1-29-14-16-31(17-15-29)26(21-10-11-25-22(18-21)12-13-30(25)2)19-28-27(32)24-9-5-7-20-6-3-4-8-23(20)24/h3-11,18,26H,12-17,19H2,1-2H3,(H,28,32). The first kappa shape index (κ1) is 21.0. The molecule has 0 spiro atoms. The zero-order chi connectivity index (χ0) is 22.1. The van der Waals surface area contributed by atoms with E-state index >= 15 is 0 Å². The lowest BCUT2D eigenvalue weighted by Gasteiger charge is -2.38. The molecule has 0 saturated carbocycles. The van der Waals surface area contributed by atoms with Gasteiger partial charge in [-0.05, 0) is 47.5 Å². The molecule has 5 nitrogen and oxygen atoms in total. The first-order chi connectivity index (χ1) is 15.6. The minimum Gasteiger partial charge on any atom is -0.374 e. The number of hydrogen-bond acceptors (Lipinski definition) is 4. The maximum atomic E-state index is 13.2. The Kier molecular flexibility index (Phi) is 5.85. The van der Waals surface area contributed by atoms with Crippen LogP contribution in [0.15, 0.2) is 60.7 Å². The number of carbonyl (C=O) groups is 1. The van der Waals surface area contributed by atoms with Crippen LogP contribution in [0.5, 0.6) is 0 Å². The largest absolute Gasteiger partial charge is 0.374 e. The van der Waals surface area contributed by atoms with Gasteiger partial charge >= 0.3 is 0 Å². The third-order valence-electron chi connectivity index (χ3n) is 7.08. The number of anilines is 1. The lowest BCUT2D eigenvalue weighted by Crippen LogP contribution is -2.48.